The zero-order valence-corrected chi connectivity index (χ0v) is 12.3. The summed E-state index contributed by atoms with van der Waals surface area (Å²) < 4.78 is 0.684. The maximum Gasteiger partial charge on any atom is 0.227 e. The van der Waals surface area contributed by atoms with Crippen LogP contribution in [-0.4, -0.2) is 42.3 Å². The highest BCUT2D eigenvalue weighted by atomic mass is 32.1. The average Bonchev–Trinajstić information content (AvgIpc) is 2.64. The summed E-state index contributed by atoms with van der Waals surface area (Å²) in [6.07, 6.45) is 0.647. The first-order chi connectivity index (χ1) is 8.43. The van der Waals surface area contributed by atoms with Crippen molar-refractivity contribution in [2.24, 2.45) is 0 Å². The number of aromatic amines is 1. The number of amides is 2. The van der Waals surface area contributed by atoms with Gasteiger partial charge in [0.2, 0.25) is 11.8 Å². The maximum absolute atomic E-state index is 11.9. The van der Waals surface area contributed by atoms with Crippen LogP contribution >= 0.6 is 23.6 Å². The minimum atomic E-state index is -0.0665. The molecule has 100 valence electrons. The molecule has 0 atom stereocenters. The van der Waals surface area contributed by atoms with Crippen LogP contribution in [0.5, 0.6) is 0 Å². The van der Waals surface area contributed by atoms with Gasteiger partial charge in [-0.15, -0.1) is 11.3 Å². The van der Waals surface area contributed by atoms with Crippen molar-refractivity contribution in [3.8, 4) is 0 Å². The summed E-state index contributed by atoms with van der Waals surface area (Å²) in [6, 6.07) is 0. The first-order valence-electron chi connectivity index (χ1n) is 5.57. The number of aromatic nitrogens is 1. The molecule has 0 bridgehead atoms. The number of nitrogens with one attached hydrogen (secondary N) is 2. The van der Waals surface area contributed by atoms with E-state index in [9.17, 15) is 9.59 Å². The summed E-state index contributed by atoms with van der Waals surface area (Å²) in [5.41, 5.74) is 0.943. The lowest BCUT2D eigenvalue weighted by Gasteiger charge is -2.16. The van der Waals surface area contributed by atoms with Crippen molar-refractivity contribution in [3.63, 3.8) is 0 Å². The molecule has 0 spiro atoms. The number of nitrogens with zero attached hydrogens (tertiary/aromatic N) is 1. The first kappa shape index (κ1) is 14.8. The summed E-state index contributed by atoms with van der Waals surface area (Å²) in [5, 5.41) is 2.53. The van der Waals surface area contributed by atoms with Crippen molar-refractivity contribution < 1.29 is 9.59 Å². The molecule has 1 aromatic rings. The van der Waals surface area contributed by atoms with Gasteiger partial charge in [0.25, 0.3) is 0 Å². The first-order valence-corrected chi connectivity index (χ1v) is 6.79. The van der Waals surface area contributed by atoms with E-state index in [-0.39, 0.29) is 11.8 Å². The van der Waals surface area contributed by atoms with E-state index in [0.29, 0.717) is 23.3 Å². The second-order valence-electron chi connectivity index (χ2n) is 3.98. The number of hydrogen-bond donors (Lipinski definition) is 2. The van der Waals surface area contributed by atoms with Gasteiger partial charge in [-0.3, -0.25) is 9.59 Å². The molecule has 1 heterocycles. The Morgan fingerprint density at radius 1 is 1.50 bits per heavy atom. The van der Waals surface area contributed by atoms with Crippen LogP contribution < -0.4 is 5.32 Å². The molecule has 1 rings (SSSR count). The Balaban J connectivity index is 2.52. The molecule has 0 saturated heterocycles. The van der Waals surface area contributed by atoms with Gasteiger partial charge in [-0.25, -0.2) is 0 Å². The lowest BCUT2D eigenvalue weighted by molar-refractivity contribution is -0.129. The largest absolute Gasteiger partial charge is 0.359 e. The Hall–Kier alpha value is -1.21. The molecule has 5 nitrogen and oxygen atoms in total. The lowest BCUT2D eigenvalue weighted by Crippen LogP contribution is -2.32. The zero-order valence-electron chi connectivity index (χ0n) is 10.7. The van der Waals surface area contributed by atoms with Crippen LogP contribution in [0.25, 0.3) is 0 Å². The highest BCUT2D eigenvalue weighted by Crippen LogP contribution is 2.15. The summed E-state index contributed by atoms with van der Waals surface area (Å²) in [7, 11) is 3.28. The van der Waals surface area contributed by atoms with Crippen LogP contribution in [0, 0.1) is 10.9 Å². The molecule has 1 aromatic heterocycles. The Bertz CT molecular complexity index is 493. The third-order valence-corrected chi connectivity index (χ3v) is 3.95. The van der Waals surface area contributed by atoms with Crippen molar-refractivity contribution in [1.82, 2.24) is 15.2 Å². The number of H-pyrrole nitrogens is 1. The predicted octanol–water partition coefficient (Wildman–Crippen LogP) is 1.25. The smallest absolute Gasteiger partial charge is 0.227 e. The van der Waals surface area contributed by atoms with Crippen LogP contribution in [-0.2, 0) is 16.0 Å². The van der Waals surface area contributed by atoms with Gasteiger partial charge in [0.05, 0.1) is 6.42 Å². The fourth-order valence-corrected chi connectivity index (χ4v) is 2.68. The zero-order chi connectivity index (χ0) is 13.7. The van der Waals surface area contributed by atoms with E-state index in [0.717, 1.165) is 10.6 Å². The molecule has 0 aromatic carbocycles. The summed E-state index contributed by atoms with van der Waals surface area (Å²) in [4.78, 5) is 28.5. The minimum Gasteiger partial charge on any atom is -0.359 e. The van der Waals surface area contributed by atoms with E-state index >= 15 is 0 Å². The van der Waals surface area contributed by atoms with Gasteiger partial charge >= 0.3 is 0 Å². The Kier molecular flexibility index (Phi) is 5.49. The standard InChI is InChI=1S/C11H17N3O2S2/c1-7-8(18-11(17)13-7)6-10(16)14(3)5-4-9(15)12-2/h4-6H2,1-3H3,(H,12,15)(H,13,17). The highest BCUT2D eigenvalue weighted by molar-refractivity contribution is 7.73. The van der Waals surface area contributed by atoms with Gasteiger partial charge in [0.1, 0.15) is 0 Å². The molecule has 2 amide bonds. The third-order valence-electron chi connectivity index (χ3n) is 2.61. The second kappa shape index (κ2) is 6.65. The molecule has 7 heteroatoms. The molecule has 18 heavy (non-hydrogen) atoms. The number of hydrogen-bond acceptors (Lipinski definition) is 4. The molecular weight excluding hydrogens is 270 g/mol. The number of thiazole rings is 1. The van der Waals surface area contributed by atoms with Crippen LogP contribution in [0.4, 0.5) is 0 Å². The number of carbonyl (C=O) groups excluding carboxylic acids is 2. The highest BCUT2D eigenvalue weighted by Gasteiger charge is 2.13. The van der Waals surface area contributed by atoms with E-state index in [4.69, 9.17) is 12.2 Å². The van der Waals surface area contributed by atoms with E-state index < -0.39 is 0 Å². The van der Waals surface area contributed by atoms with Gasteiger partial charge in [0.15, 0.2) is 3.95 Å². The van der Waals surface area contributed by atoms with Gasteiger partial charge in [-0.1, -0.05) is 0 Å². The molecule has 0 saturated carbocycles. The Morgan fingerprint density at radius 3 is 2.67 bits per heavy atom. The molecule has 0 aliphatic carbocycles. The van der Waals surface area contributed by atoms with Crippen molar-refractivity contribution in [2.75, 3.05) is 20.6 Å². The van der Waals surface area contributed by atoms with Gasteiger partial charge in [-0.2, -0.15) is 0 Å². The average molecular weight is 287 g/mol. The molecule has 0 unspecified atom stereocenters. The van der Waals surface area contributed by atoms with Crippen molar-refractivity contribution in [1.29, 1.82) is 0 Å². The quantitative estimate of drug-likeness (QED) is 0.801. The van der Waals surface area contributed by atoms with Crippen LogP contribution in [0.15, 0.2) is 0 Å². The molecule has 0 aliphatic heterocycles. The Morgan fingerprint density at radius 2 is 2.17 bits per heavy atom. The van der Waals surface area contributed by atoms with Crippen molar-refractivity contribution in [3.05, 3.63) is 14.5 Å². The van der Waals surface area contributed by atoms with Gasteiger partial charge < -0.3 is 15.2 Å². The van der Waals surface area contributed by atoms with Crippen LogP contribution in [0.2, 0.25) is 0 Å². The molecule has 0 fully saturated rings. The van der Waals surface area contributed by atoms with Crippen molar-refractivity contribution in [2.45, 2.75) is 19.8 Å². The van der Waals surface area contributed by atoms with Crippen LogP contribution in [0.3, 0.4) is 0 Å². The normalized spacial score (nSPS) is 10.2. The summed E-state index contributed by atoms with van der Waals surface area (Å²) in [5.74, 6) is -0.0737. The van der Waals surface area contributed by atoms with Crippen LogP contribution in [0.1, 0.15) is 17.0 Å². The van der Waals surface area contributed by atoms with Crippen molar-refractivity contribution >= 4 is 35.4 Å². The predicted molar refractivity (Wildman–Crippen MR) is 74.3 cm³/mol. The Labute approximate surface area is 115 Å². The van der Waals surface area contributed by atoms with E-state index in [1.807, 2.05) is 6.92 Å². The fourth-order valence-electron chi connectivity index (χ4n) is 1.40. The fraction of sp³-hybridized carbons (Fsp3) is 0.545. The van der Waals surface area contributed by atoms with E-state index in [1.54, 1.807) is 19.0 Å². The lowest BCUT2D eigenvalue weighted by atomic mass is 10.2. The molecule has 2 N–H and O–H groups in total. The third kappa shape index (κ3) is 4.23. The monoisotopic (exact) mass is 287 g/mol. The van der Waals surface area contributed by atoms with Gasteiger partial charge in [0, 0.05) is 37.6 Å². The van der Waals surface area contributed by atoms with E-state index in [1.165, 1.54) is 11.3 Å². The summed E-state index contributed by atoms with van der Waals surface area (Å²) in [6.45, 7) is 2.33. The van der Waals surface area contributed by atoms with Gasteiger partial charge in [-0.05, 0) is 19.1 Å². The molecule has 0 aliphatic rings. The second-order valence-corrected chi connectivity index (χ2v) is 5.75. The number of likely N-dealkylation sites (N-methyl/N-ethyl adjacent to an activating group) is 1. The molecule has 0 radical (unpaired) electrons. The minimum absolute atomic E-state index is 0.00717. The number of carbonyl (C=O) groups is 2. The molecular formula is C11H17N3O2S2. The topological polar surface area (TPSA) is 65.2 Å². The number of aryl methyl sites for hydroxylation is 1. The SMILES string of the molecule is CNC(=O)CCN(C)C(=O)Cc1sc(=S)[nH]c1C. The number of rotatable bonds is 5. The van der Waals surface area contributed by atoms with E-state index in [2.05, 4.69) is 10.3 Å². The summed E-state index contributed by atoms with van der Waals surface area (Å²) >= 11 is 6.45. The maximum atomic E-state index is 11.9.